The molecule has 1 heterocycles. The van der Waals surface area contributed by atoms with E-state index in [9.17, 15) is 35.1 Å². The summed E-state index contributed by atoms with van der Waals surface area (Å²) in [4.78, 5) is 25.1. The minimum absolute atomic E-state index is 0.0153. The quantitative estimate of drug-likeness (QED) is 0.0195. The molecular formula is C78H147NO10. The van der Waals surface area contributed by atoms with Gasteiger partial charge in [0.1, 0.15) is 24.4 Å². The zero-order valence-electron chi connectivity index (χ0n) is 58.4. The van der Waals surface area contributed by atoms with Crippen LogP contribution in [0.15, 0.2) is 36.5 Å². The number of allylic oxidation sites excluding steroid dienone is 5. The van der Waals surface area contributed by atoms with Gasteiger partial charge in [-0.05, 0) is 70.6 Å². The van der Waals surface area contributed by atoms with E-state index in [0.717, 1.165) is 51.4 Å². The van der Waals surface area contributed by atoms with E-state index in [0.29, 0.717) is 19.4 Å². The molecule has 7 atom stereocenters. The zero-order valence-corrected chi connectivity index (χ0v) is 58.4. The lowest BCUT2D eigenvalue weighted by Crippen LogP contribution is -2.60. The molecule has 0 radical (unpaired) electrons. The number of unbranched alkanes of at least 4 members (excludes halogenated alkanes) is 51. The first kappa shape index (κ1) is 84.9. The number of aliphatic hydroxyl groups excluding tert-OH is 5. The minimum atomic E-state index is -1.57. The molecular weight excluding hydrogens is 1110 g/mol. The first-order valence-electron chi connectivity index (χ1n) is 38.8. The summed E-state index contributed by atoms with van der Waals surface area (Å²) in [5.74, 6) is -0.171. The highest BCUT2D eigenvalue weighted by molar-refractivity contribution is 5.76. The molecule has 0 aromatic carbocycles. The minimum Gasteiger partial charge on any atom is -0.466 e. The molecule has 524 valence electrons. The molecule has 0 aliphatic carbocycles. The van der Waals surface area contributed by atoms with Gasteiger partial charge in [-0.2, -0.15) is 0 Å². The van der Waals surface area contributed by atoms with Gasteiger partial charge in [0.05, 0.1) is 32.0 Å². The molecule has 1 aliphatic rings. The molecule has 0 bridgehead atoms. The van der Waals surface area contributed by atoms with E-state index in [1.165, 1.54) is 308 Å². The van der Waals surface area contributed by atoms with Crippen LogP contribution in [0.2, 0.25) is 0 Å². The fourth-order valence-electron chi connectivity index (χ4n) is 12.4. The maximum atomic E-state index is 13.1. The maximum absolute atomic E-state index is 13.1. The predicted molar refractivity (Wildman–Crippen MR) is 375 cm³/mol. The molecule has 0 spiro atoms. The molecule has 1 rings (SSSR count). The molecule has 1 amide bonds. The molecule has 11 heteroatoms. The van der Waals surface area contributed by atoms with Crippen molar-refractivity contribution in [3.63, 3.8) is 0 Å². The van der Waals surface area contributed by atoms with Gasteiger partial charge < -0.3 is 45.1 Å². The van der Waals surface area contributed by atoms with Crippen molar-refractivity contribution in [2.24, 2.45) is 0 Å². The van der Waals surface area contributed by atoms with Gasteiger partial charge in [-0.25, -0.2) is 0 Å². The van der Waals surface area contributed by atoms with Crippen LogP contribution in [0.1, 0.15) is 386 Å². The normalized spacial score (nSPS) is 17.9. The average Bonchev–Trinajstić information content (AvgIpc) is 2.53. The molecule has 1 fully saturated rings. The smallest absolute Gasteiger partial charge is 0.305 e. The lowest BCUT2D eigenvalue weighted by atomic mass is 9.99. The third-order valence-electron chi connectivity index (χ3n) is 18.5. The second-order valence-corrected chi connectivity index (χ2v) is 27.1. The highest BCUT2D eigenvalue weighted by atomic mass is 16.7. The monoisotopic (exact) mass is 1260 g/mol. The summed E-state index contributed by atoms with van der Waals surface area (Å²) < 4.78 is 16.7. The number of ether oxygens (including phenoxy) is 3. The van der Waals surface area contributed by atoms with Gasteiger partial charge >= 0.3 is 5.97 Å². The van der Waals surface area contributed by atoms with Crippen LogP contribution >= 0.6 is 0 Å². The SMILES string of the molecule is CCCCCCCCC/C=C/CC/C=C/C(O)C(COC1OC(CO)C(O)C(O)C1O)NC(=O)CCCCCCCCCCCCCCCCCCC/C=C\CCCCCCCCCCCCCCCCCCOC(=O)CCCCCCCCCCCCC. The Balaban J connectivity index is 1.92. The summed E-state index contributed by atoms with van der Waals surface area (Å²) in [5.41, 5.74) is 0. The Kier molecular flexibility index (Phi) is 64.2. The fraction of sp³-hybridized carbons (Fsp3) is 0.897. The van der Waals surface area contributed by atoms with Crippen LogP contribution < -0.4 is 5.32 Å². The van der Waals surface area contributed by atoms with Crippen LogP contribution in [-0.2, 0) is 23.8 Å². The van der Waals surface area contributed by atoms with Crippen molar-refractivity contribution in [3.8, 4) is 0 Å². The van der Waals surface area contributed by atoms with E-state index in [2.05, 4.69) is 43.5 Å². The number of rotatable bonds is 69. The van der Waals surface area contributed by atoms with Crippen LogP contribution in [0, 0.1) is 0 Å². The highest BCUT2D eigenvalue weighted by Crippen LogP contribution is 2.24. The molecule has 1 aliphatic heterocycles. The van der Waals surface area contributed by atoms with Crippen molar-refractivity contribution in [3.05, 3.63) is 36.5 Å². The lowest BCUT2D eigenvalue weighted by Gasteiger charge is -2.40. The molecule has 89 heavy (non-hydrogen) atoms. The molecule has 7 unspecified atom stereocenters. The van der Waals surface area contributed by atoms with Crippen LogP contribution in [0.3, 0.4) is 0 Å². The summed E-state index contributed by atoms with van der Waals surface area (Å²) in [6.45, 7) is 4.36. The number of aliphatic hydroxyl groups is 5. The van der Waals surface area contributed by atoms with Gasteiger partial charge in [-0.15, -0.1) is 0 Å². The Morgan fingerprint density at radius 1 is 0.404 bits per heavy atom. The Labute approximate surface area is 549 Å². The fourth-order valence-corrected chi connectivity index (χ4v) is 12.4. The number of esters is 1. The second kappa shape index (κ2) is 67.3. The van der Waals surface area contributed by atoms with E-state index < -0.39 is 49.5 Å². The molecule has 11 nitrogen and oxygen atoms in total. The molecule has 1 saturated heterocycles. The van der Waals surface area contributed by atoms with Crippen molar-refractivity contribution in [2.75, 3.05) is 19.8 Å². The number of carbonyl (C=O) groups excluding carboxylic acids is 2. The number of hydrogen-bond donors (Lipinski definition) is 6. The number of amides is 1. The topological polar surface area (TPSA) is 175 Å². The summed E-state index contributed by atoms with van der Waals surface area (Å²) >= 11 is 0. The maximum Gasteiger partial charge on any atom is 0.305 e. The number of hydrogen-bond acceptors (Lipinski definition) is 10. The molecule has 6 N–H and O–H groups in total. The van der Waals surface area contributed by atoms with E-state index >= 15 is 0 Å². The summed E-state index contributed by atoms with van der Waals surface area (Å²) in [7, 11) is 0. The number of carbonyl (C=O) groups is 2. The Bertz CT molecular complexity index is 1570. The molecule has 0 aromatic heterocycles. The zero-order chi connectivity index (χ0) is 64.4. The van der Waals surface area contributed by atoms with E-state index in [1.807, 2.05) is 6.08 Å². The second-order valence-electron chi connectivity index (χ2n) is 27.1. The molecule has 0 saturated carbocycles. The van der Waals surface area contributed by atoms with Crippen LogP contribution in [0.5, 0.6) is 0 Å². The lowest BCUT2D eigenvalue weighted by molar-refractivity contribution is -0.302. The third-order valence-corrected chi connectivity index (χ3v) is 18.5. The van der Waals surface area contributed by atoms with Crippen molar-refractivity contribution in [1.82, 2.24) is 5.32 Å². The van der Waals surface area contributed by atoms with Crippen molar-refractivity contribution in [1.29, 1.82) is 0 Å². The first-order valence-corrected chi connectivity index (χ1v) is 38.8. The third kappa shape index (κ3) is 56.0. The Morgan fingerprint density at radius 2 is 0.730 bits per heavy atom. The van der Waals surface area contributed by atoms with Gasteiger partial charge in [0.15, 0.2) is 6.29 Å². The highest BCUT2D eigenvalue weighted by Gasteiger charge is 2.44. The van der Waals surface area contributed by atoms with Gasteiger partial charge in [0.2, 0.25) is 5.91 Å². The number of nitrogens with one attached hydrogen (secondary N) is 1. The van der Waals surface area contributed by atoms with Crippen LogP contribution in [0.25, 0.3) is 0 Å². The van der Waals surface area contributed by atoms with Gasteiger partial charge in [-0.1, -0.05) is 339 Å². The van der Waals surface area contributed by atoms with Crippen molar-refractivity contribution in [2.45, 2.75) is 429 Å². The predicted octanol–water partition coefficient (Wildman–Crippen LogP) is 20.5. The van der Waals surface area contributed by atoms with Crippen LogP contribution in [-0.4, -0.2) is 100 Å². The largest absolute Gasteiger partial charge is 0.466 e. The summed E-state index contributed by atoms with van der Waals surface area (Å²) in [6.07, 6.45) is 77.4. The molecule has 0 aromatic rings. The van der Waals surface area contributed by atoms with Crippen molar-refractivity contribution >= 4 is 11.9 Å². The standard InChI is InChI=1S/C78H147NO10/c1-3-5-7-9-11-13-15-41-45-48-52-56-60-64-71(81)70(69-88-78-77(86)76(85)75(84)72(68-80)89-78)79-73(82)65-61-57-53-49-46-42-39-37-35-33-31-29-27-25-23-21-19-17-16-18-20-22-24-26-28-30-32-34-36-38-40-43-47-51-55-59-63-67-87-74(83)66-62-58-54-50-44-14-12-10-8-6-4-2/h16,18,45,48,60,64,70-72,75-78,80-81,84-86H,3-15,17,19-44,46-47,49-59,61-63,65-69H2,1-2H3,(H,79,82)/b18-16-,48-45+,64-60+. The first-order chi connectivity index (χ1) is 43.7. The summed E-state index contributed by atoms with van der Waals surface area (Å²) in [6, 6.07) is -0.824. The Hall–Kier alpha value is -2.12. The van der Waals surface area contributed by atoms with E-state index in [1.54, 1.807) is 6.08 Å². The van der Waals surface area contributed by atoms with E-state index in [4.69, 9.17) is 14.2 Å². The average molecular weight is 1260 g/mol. The van der Waals surface area contributed by atoms with Gasteiger partial charge in [0, 0.05) is 12.8 Å². The van der Waals surface area contributed by atoms with Crippen LogP contribution in [0.4, 0.5) is 0 Å². The van der Waals surface area contributed by atoms with Gasteiger partial charge in [0.25, 0.3) is 0 Å². The van der Waals surface area contributed by atoms with Gasteiger partial charge in [-0.3, -0.25) is 9.59 Å². The Morgan fingerprint density at radius 3 is 1.11 bits per heavy atom. The van der Waals surface area contributed by atoms with Crippen molar-refractivity contribution < 1.29 is 49.3 Å². The summed E-state index contributed by atoms with van der Waals surface area (Å²) in [5, 5.41) is 54.5. The van der Waals surface area contributed by atoms with E-state index in [-0.39, 0.29) is 18.5 Å².